The number of halogens is 2. The normalized spacial score (nSPS) is 22.2. The minimum Gasteiger partial charge on any atom is -0.480 e. The third-order valence-corrected chi connectivity index (χ3v) is 3.16. The summed E-state index contributed by atoms with van der Waals surface area (Å²) in [5.74, 6) is -3.40. The molecule has 2 atom stereocenters. The van der Waals surface area contributed by atoms with Crippen LogP contribution in [0.2, 0.25) is 0 Å². The van der Waals surface area contributed by atoms with Crippen LogP contribution in [0.25, 0.3) is 0 Å². The molecule has 1 aromatic carbocycles. The molecule has 2 rings (SSSR count). The summed E-state index contributed by atoms with van der Waals surface area (Å²) in [7, 11) is 0. The van der Waals surface area contributed by atoms with Gasteiger partial charge in [-0.1, -0.05) is 0 Å². The zero-order chi connectivity index (χ0) is 15.6. The summed E-state index contributed by atoms with van der Waals surface area (Å²) in [5.41, 5.74) is -0.0517. The maximum absolute atomic E-state index is 13.0. The van der Waals surface area contributed by atoms with Gasteiger partial charge in [-0.3, -0.25) is 14.5 Å². The number of anilines is 1. The Morgan fingerprint density at radius 3 is 2.48 bits per heavy atom. The summed E-state index contributed by atoms with van der Waals surface area (Å²) >= 11 is 0. The SMILES string of the molecule is O=C(CN1CC(O)CC1C(=O)O)Nc1cc(F)cc(F)c1. The monoisotopic (exact) mass is 300 g/mol. The highest BCUT2D eigenvalue weighted by Crippen LogP contribution is 2.18. The number of hydrogen-bond acceptors (Lipinski definition) is 4. The number of nitrogens with one attached hydrogen (secondary N) is 1. The standard InChI is InChI=1S/C13H14F2N2O4/c14-7-1-8(15)3-9(2-7)16-12(19)6-17-5-10(18)4-11(17)13(20)21/h1-3,10-11,18H,4-6H2,(H,16,19)(H,20,21). The number of benzene rings is 1. The van der Waals surface area contributed by atoms with Gasteiger partial charge in [0.1, 0.15) is 17.7 Å². The zero-order valence-electron chi connectivity index (χ0n) is 10.9. The van der Waals surface area contributed by atoms with Gasteiger partial charge in [-0.05, 0) is 12.1 Å². The number of carbonyl (C=O) groups excluding carboxylic acids is 1. The number of aliphatic carboxylic acids is 1. The second kappa shape index (κ2) is 6.15. The minimum absolute atomic E-state index is 0.0389. The average molecular weight is 300 g/mol. The van der Waals surface area contributed by atoms with E-state index in [2.05, 4.69) is 5.32 Å². The fourth-order valence-electron chi connectivity index (χ4n) is 2.32. The molecule has 0 aromatic heterocycles. The quantitative estimate of drug-likeness (QED) is 0.750. The highest BCUT2D eigenvalue weighted by Gasteiger charge is 2.36. The molecule has 114 valence electrons. The molecule has 0 saturated carbocycles. The van der Waals surface area contributed by atoms with Crippen molar-refractivity contribution in [3.63, 3.8) is 0 Å². The molecule has 1 aliphatic heterocycles. The van der Waals surface area contributed by atoms with Crippen LogP contribution >= 0.6 is 0 Å². The predicted octanol–water partition coefficient (Wildman–Crippen LogP) is 0.423. The molecule has 0 aliphatic carbocycles. The van der Waals surface area contributed by atoms with E-state index < -0.39 is 35.7 Å². The molecule has 3 N–H and O–H groups in total. The second-order valence-electron chi connectivity index (χ2n) is 4.88. The number of nitrogens with zero attached hydrogens (tertiary/aromatic N) is 1. The molecule has 1 aliphatic rings. The van der Waals surface area contributed by atoms with E-state index in [9.17, 15) is 23.5 Å². The minimum atomic E-state index is -1.13. The second-order valence-corrected chi connectivity index (χ2v) is 4.88. The lowest BCUT2D eigenvalue weighted by molar-refractivity contribution is -0.142. The molecular formula is C13H14F2N2O4. The van der Waals surface area contributed by atoms with E-state index in [0.717, 1.165) is 12.1 Å². The molecule has 6 nitrogen and oxygen atoms in total. The molecular weight excluding hydrogens is 286 g/mol. The Labute approximate surface area is 119 Å². The van der Waals surface area contributed by atoms with Crippen molar-refractivity contribution >= 4 is 17.6 Å². The van der Waals surface area contributed by atoms with Crippen LogP contribution < -0.4 is 5.32 Å². The summed E-state index contributed by atoms with van der Waals surface area (Å²) in [6.07, 6.45) is -0.775. The Kier molecular flexibility index (Phi) is 4.49. The first-order chi connectivity index (χ1) is 9.85. The van der Waals surface area contributed by atoms with E-state index in [4.69, 9.17) is 5.11 Å². The first-order valence-corrected chi connectivity index (χ1v) is 6.26. The Hall–Kier alpha value is -2.06. The maximum atomic E-state index is 13.0. The number of hydrogen-bond donors (Lipinski definition) is 3. The molecule has 1 fully saturated rings. The van der Waals surface area contributed by atoms with E-state index in [1.807, 2.05) is 0 Å². The number of rotatable bonds is 4. The van der Waals surface area contributed by atoms with Crippen molar-refractivity contribution in [1.82, 2.24) is 4.90 Å². The van der Waals surface area contributed by atoms with E-state index in [1.165, 1.54) is 4.90 Å². The summed E-state index contributed by atoms with van der Waals surface area (Å²) in [5, 5.41) is 20.7. The fraction of sp³-hybridized carbons (Fsp3) is 0.385. The first-order valence-electron chi connectivity index (χ1n) is 6.26. The first kappa shape index (κ1) is 15.3. The molecule has 0 bridgehead atoms. The molecule has 0 spiro atoms. The van der Waals surface area contributed by atoms with Crippen LogP contribution in [-0.4, -0.2) is 52.2 Å². The van der Waals surface area contributed by atoms with Gasteiger partial charge in [0, 0.05) is 24.7 Å². The van der Waals surface area contributed by atoms with Crippen LogP contribution in [0.1, 0.15) is 6.42 Å². The topological polar surface area (TPSA) is 89.9 Å². The van der Waals surface area contributed by atoms with Crippen LogP contribution in [0.3, 0.4) is 0 Å². The van der Waals surface area contributed by atoms with Crippen molar-refractivity contribution in [2.24, 2.45) is 0 Å². The van der Waals surface area contributed by atoms with E-state index >= 15 is 0 Å². The lowest BCUT2D eigenvalue weighted by Gasteiger charge is -2.19. The lowest BCUT2D eigenvalue weighted by Crippen LogP contribution is -2.41. The molecule has 1 aromatic rings. The highest BCUT2D eigenvalue weighted by atomic mass is 19.1. The summed E-state index contributed by atoms with van der Waals surface area (Å²) < 4.78 is 26.0. The Bertz CT molecular complexity index is 547. The van der Waals surface area contributed by atoms with Gasteiger partial charge < -0.3 is 15.5 Å². The molecule has 1 amide bonds. The number of aliphatic hydroxyl groups excluding tert-OH is 1. The third-order valence-electron chi connectivity index (χ3n) is 3.16. The Morgan fingerprint density at radius 2 is 1.90 bits per heavy atom. The summed E-state index contributed by atoms with van der Waals surface area (Å²) in [4.78, 5) is 24.1. The van der Waals surface area contributed by atoms with Gasteiger partial charge in [-0.15, -0.1) is 0 Å². The van der Waals surface area contributed by atoms with Crippen LogP contribution in [0.15, 0.2) is 18.2 Å². The number of carboxylic acid groups (broad SMARTS) is 1. The van der Waals surface area contributed by atoms with Crippen LogP contribution in [0.5, 0.6) is 0 Å². The van der Waals surface area contributed by atoms with Gasteiger partial charge in [-0.2, -0.15) is 0 Å². The van der Waals surface area contributed by atoms with Gasteiger partial charge in [0.25, 0.3) is 0 Å². The molecule has 0 radical (unpaired) electrons. The zero-order valence-corrected chi connectivity index (χ0v) is 10.9. The average Bonchev–Trinajstić information content (AvgIpc) is 2.68. The van der Waals surface area contributed by atoms with E-state index in [1.54, 1.807) is 0 Å². The van der Waals surface area contributed by atoms with Crippen molar-refractivity contribution in [1.29, 1.82) is 0 Å². The van der Waals surface area contributed by atoms with Gasteiger partial charge >= 0.3 is 5.97 Å². The number of carbonyl (C=O) groups is 2. The summed E-state index contributed by atoms with van der Waals surface area (Å²) in [6.45, 7) is -0.228. The highest BCUT2D eigenvalue weighted by molar-refractivity contribution is 5.92. The molecule has 1 saturated heterocycles. The molecule has 21 heavy (non-hydrogen) atoms. The van der Waals surface area contributed by atoms with Gasteiger partial charge in [0.2, 0.25) is 5.91 Å². The van der Waals surface area contributed by atoms with Gasteiger partial charge in [0.05, 0.1) is 12.6 Å². The van der Waals surface area contributed by atoms with E-state index in [0.29, 0.717) is 6.07 Å². The molecule has 8 heteroatoms. The van der Waals surface area contributed by atoms with Crippen LogP contribution in [0.4, 0.5) is 14.5 Å². The largest absolute Gasteiger partial charge is 0.480 e. The van der Waals surface area contributed by atoms with Crippen molar-refractivity contribution in [3.05, 3.63) is 29.8 Å². The molecule has 2 unspecified atom stereocenters. The number of likely N-dealkylation sites (tertiary alicyclic amines) is 1. The molecule has 1 heterocycles. The fourth-order valence-corrected chi connectivity index (χ4v) is 2.32. The van der Waals surface area contributed by atoms with Gasteiger partial charge in [0.15, 0.2) is 0 Å². The maximum Gasteiger partial charge on any atom is 0.321 e. The van der Waals surface area contributed by atoms with E-state index in [-0.39, 0.29) is 25.2 Å². The van der Waals surface area contributed by atoms with Crippen molar-refractivity contribution < 1.29 is 28.6 Å². The van der Waals surface area contributed by atoms with Gasteiger partial charge in [-0.25, -0.2) is 8.78 Å². The van der Waals surface area contributed by atoms with Crippen LogP contribution in [0, 0.1) is 11.6 Å². The number of carboxylic acids is 1. The number of aliphatic hydroxyl groups is 1. The Morgan fingerprint density at radius 1 is 1.29 bits per heavy atom. The van der Waals surface area contributed by atoms with Crippen molar-refractivity contribution in [2.45, 2.75) is 18.6 Å². The smallest absolute Gasteiger partial charge is 0.321 e. The third kappa shape index (κ3) is 3.96. The number of β-amino-alcohol motifs (C(OH)–C–C–N with tert-alkyl or cyclic N) is 1. The number of amides is 1. The Balaban J connectivity index is 1.99. The van der Waals surface area contributed by atoms with Crippen LogP contribution in [-0.2, 0) is 9.59 Å². The predicted molar refractivity (Wildman–Crippen MR) is 68.6 cm³/mol. The lowest BCUT2D eigenvalue weighted by atomic mass is 10.2. The summed E-state index contributed by atoms with van der Waals surface area (Å²) in [6, 6.07) is 1.63. The van der Waals surface area contributed by atoms with Crippen molar-refractivity contribution in [2.75, 3.05) is 18.4 Å². The van der Waals surface area contributed by atoms with Crippen molar-refractivity contribution in [3.8, 4) is 0 Å².